The van der Waals surface area contributed by atoms with Crippen molar-refractivity contribution in [1.82, 2.24) is 9.80 Å². The van der Waals surface area contributed by atoms with Gasteiger partial charge in [-0.05, 0) is 26.4 Å². The van der Waals surface area contributed by atoms with Gasteiger partial charge in [-0.3, -0.25) is 9.69 Å². The van der Waals surface area contributed by atoms with E-state index in [4.69, 9.17) is 5.11 Å². The molecule has 0 aromatic rings. The summed E-state index contributed by atoms with van der Waals surface area (Å²) in [5.41, 5.74) is 0. The minimum absolute atomic E-state index is 0.163. The number of hydrogen-bond acceptors (Lipinski definition) is 3. The minimum Gasteiger partial charge on any atom is -0.480 e. The maximum atomic E-state index is 10.9. The molecule has 1 atom stereocenters. The number of nitrogens with zero attached hydrogens (tertiary/aromatic N) is 2. The van der Waals surface area contributed by atoms with Gasteiger partial charge in [0.15, 0.2) is 0 Å². The Morgan fingerprint density at radius 1 is 1.22 bits per heavy atom. The van der Waals surface area contributed by atoms with Crippen molar-refractivity contribution in [2.75, 3.05) is 40.3 Å². The largest absolute Gasteiger partial charge is 0.480 e. The average Bonchev–Trinajstić information content (AvgIpc) is 2.30. The summed E-state index contributed by atoms with van der Waals surface area (Å²) in [6, 6.07) is 0. The van der Waals surface area contributed by atoms with Crippen LogP contribution in [0.25, 0.3) is 0 Å². The number of carbonyl (C=O) groups is 1. The van der Waals surface area contributed by atoms with Crippen molar-refractivity contribution in [2.24, 2.45) is 5.92 Å². The molecule has 0 bridgehead atoms. The normalized spacial score (nSPS) is 13.2. The monoisotopic (exact) mass is 258 g/mol. The molecule has 4 nitrogen and oxygen atoms in total. The van der Waals surface area contributed by atoms with Gasteiger partial charge in [0.2, 0.25) is 0 Å². The molecule has 4 heteroatoms. The van der Waals surface area contributed by atoms with Gasteiger partial charge in [-0.2, -0.15) is 0 Å². The molecule has 1 unspecified atom stereocenters. The first-order chi connectivity index (χ1) is 8.49. The van der Waals surface area contributed by atoms with Crippen molar-refractivity contribution in [3.8, 4) is 0 Å². The third kappa shape index (κ3) is 9.42. The number of aliphatic carboxylic acids is 1. The predicted molar refractivity (Wildman–Crippen MR) is 75.9 cm³/mol. The first-order valence-electron chi connectivity index (χ1n) is 7.08. The van der Waals surface area contributed by atoms with Crippen LogP contribution in [0.15, 0.2) is 0 Å². The lowest BCUT2D eigenvalue weighted by Crippen LogP contribution is -2.38. The molecule has 0 aliphatic carbocycles. The first-order valence-corrected chi connectivity index (χ1v) is 7.08. The van der Waals surface area contributed by atoms with E-state index in [1.807, 2.05) is 14.1 Å². The zero-order valence-electron chi connectivity index (χ0n) is 12.5. The van der Waals surface area contributed by atoms with Gasteiger partial charge in [0, 0.05) is 19.6 Å². The predicted octanol–water partition coefficient (Wildman–Crippen LogP) is 2.15. The Hall–Kier alpha value is -0.610. The fourth-order valence-corrected chi connectivity index (χ4v) is 2.05. The summed E-state index contributed by atoms with van der Waals surface area (Å²) in [5.74, 6) is -0.0921. The van der Waals surface area contributed by atoms with Crippen molar-refractivity contribution in [2.45, 2.75) is 39.5 Å². The molecule has 0 saturated carbocycles. The van der Waals surface area contributed by atoms with Crippen LogP contribution in [-0.2, 0) is 4.79 Å². The Labute approximate surface area is 112 Å². The van der Waals surface area contributed by atoms with Gasteiger partial charge in [-0.25, -0.2) is 0 Å². The summed E-state index contributed by atoms with van der Waals surface area (Å²) in [7, 11) is 4.04. The molecule has 0 amide bonds. The Morgan fingerprint density at radius 3 is 2.33 bits per heavy atom. The highest BCUT2D eigenvalue weighted by molar-refractivity contribution is 5.69. The zero-order valence-corrected chi connectivity index (χ0v) is 12.5. The molecular formula is C14H30N2O2. The summed E-state index contributed by atoms with van der Waals surface area (Å²) in [6.45, 7) is 7.23. The molecule has 0 heterocycles. The molecule has 0 aromatic heterocycles. The van der Waals surface area contributed by atoms with Crippen molar-refractivity contribution in [1.29, 1.82) is 0 Å². The number of likely N-dealkylation sites (N-methyl/N-ethyl adjacent to an activating group) is 1. The Morgan fingerprint density at radius 2 is 1.89 bits per heavy atom. The standard InChI is InChI=1S/C14H30N2O2/c1-5-7-8-13(6-2)11-16(12-14(17)18)10-9-15(3)4/h13H,5-12H2,1-4H3,(H,17,18). The maximum absolute atomic E-state index is 10.9. The van der Waals surface area contributed by atoms with E-state index in [0.29, 0.717) is 5.92 Å². The lowest BCUT2D eigenvalue weighted by atomic mass is 9.98. The van der Waals surface area contributed by atoms with Gasteiger partial charge in [-0.1, -0.05) is 33.1 Å². The molecule has 0 saturated heterocycles. The molecule has 0 rings (SSSR count). The molecular weight excluding hydrogens is 228 g/mol. The summed E-state index contributed by atoms with van der Waals surface area (Å²) in [5, 5.41) is 8.96. The molecule has 0 aliphatic heterocycles. The van der Waals surface area contributed by atoms with E-state index in [1.54, 1.807) is 0 Å². The maximum Gasteiger partial charge on any atom is 0.317 e. The van der Waals surface area contributed by atoms with Crippen LogP contribution in [0.3, 0.4) is 0 Å². The molecule has 0 aliphatic rings. The number of hydrogen-bond donors (Lipinski definition) is 1. The van der Waals surface area contributed by atoms with E-state index in [9.17, 15) is 4.79 Å². The van der Waals surface area contributed by atoms with Crippen molar-refractivity contribution < 1.29 is 9.90 Å². The van der Waals surface area contributed by atoms with Gasteiger partial charge in [-0.15, -0.1) is 0 Å². The van der Waals surface area contributed by atoms with Crippen LogP contribution in [0.2, 0.25) is 0 Å². The van der Waals surface area contributed by atoms with Crippen LogP contribution in [-0.4, -0.2) is 61.2 Å². The first kappa shape index (κ1) is 17.4. The molecule has 0 aromatic carbocycles. The van der Waals surface area contributed by atoms with Crippen LogP contribution >= 0.6 is 0 Å². The summed E-state index contributed by atoms with van der Waals surface area (Å²) >= 11 is 0. The lowest BCUT2D eigenvalue weighted by molar-refractivity contribution is -0.138. The Kier molecular flexibility index (Phi) is 9.98. The fourth-order valence-electron chi connectivity index (χ4n) is 2.05. The van der Waals surface area contributed by atoms with Gasteiger partial charge < -0.3 is 10.0 Å². The highest BCUT2D eigenvalue weighted by atomic mass is 16.4. The summed E-state index contributed by atoms with van der Waals surface area (Å²) < 4.78 is 0. The van der Waals surface area contributed by atoms with Gasteiger partial charge in [0.25, 0.3) is 0 Å². The molecule has 108 valence electrons. The molecule has 0 radical (unpaired) electrons. The third-order valence-corrected chi connectivity index (χ3v) is 3.28. The van der Waals surface area contributed by atoms with E-state index in [0.717, 1.165) is 26.1 Å². The SMILES string of the molecule is CCCCC(CC)CN(CCN(C)C)CC(=O)O. The van der Waals surface area contributed by atoms with Crippen LogP contribution in [0.5, 0.6) is 0 Å². The van der Waals surface area contributed by atoms with Crippen LogP contribution in [0.1, 0.15) is 39.5 Å². The summed E-state index contributed by atoms with van der Waals surface area (Å²) in [4.78, 5) is 15.1. The molecule has 0 fully saturated rings. The van der Waals surface area contributed by atoms with Gasteiger partial charge in [0.1, 0.15) is 0 Å². The number of rotatable bonds is 11. The van der Waals surface area contributed by atoms with Crippen LogP contribution in [0.4, 0.5) is 0 Å². The highest BCUT2D eigenvalue weighted by Crippen LogP contribution is 2.14. The lowest BCUT2D eigenvalue weighted by Gasteiger charge is -2.26. The second-order valence-corrected chi connectivity index (χ2v) is 5.35. The minimum atomic E-state index is -0.723. The van der Waals surface area contributed by atoms with E-state index in [-0.39, 0.29) is 6.54 Å². The van der Waals surface area contributed by atoms with E-state index in [2.05, 4.69) is 23.6 Å². The number of carboxylic acids is 1. The number of unbranched alkanes of at least 4 members (excludes halogenated alkanes) is 1. The van der Waals surface area contributed by atoms with Gasteiger partial charge >= 0.3 is 5.97 Å². The Bertz CT molecular complexity index is 220. The van der Waals surface area contributed by atoms with Crippen LogP contribution < -0.4 is 0 Å². The molecule has 18 heavy (non-hydrogen) atoms. The third-order valence-electron chi connectivity index (χ3n) is 3.28. The fraction of sp³-hybridized carbons (Fsp3) is 0.929. The van der Waals surface area contributed by atoms with E-state index in [1.165, 1.54) is 19.3 Å². The quantitative estimate of drug-likeness (QED) is 0.617. The van der Waals surface area contributed by atoms with Crippen molar-refractivity contribution in [3.63, 3.8) is 0 Å². The number of carboxylic acid groups (broad SMARTS) is 1. The average molecular weight is 258 g/mol. The molecule has 1 N–H and O–H groups in total. The second-order valence-electron chi connectivity index (χ2n) is 5.35. The zero-order chi connectivity index (χ0) is 14.0. The smallest absolute Gasteiger partial charge is 0.317 e. The van der Waals surface area contributed by atoms with E-state index < -0.39 is 5.97 Å². The molecule has 0 spiro atoms. The summed E-state index contributed by atoms with van der Waals surface area (Å²) in [6.07, 6.45) is 4.81. The topological polar surface area (TPSA) is 43.8 Å². The highest BCUT2D eigenvalue weighted by Gasteiger charge is 2.15. The Balaban J connectivity index is 4.21. The van der Waals surface area contributed by atoms with Crippen molar-refractivity contribution in [3.05, 3.63) is 0 Å². The van der Waals surface area contributed by atoms with E-state index >= 15 is 0 Å². The van der Waals surface area contributed by atoms with Crippen molar-refractivity contribution >= 4 is 5.97 Å². The van der Waals surface area contributed by atoms with Crippen LogP contribution in [0, 0.1) is 5.92 Å². The van der Waals surface area contributed by atoms with Gasteiger partial charge in [0.05, 0.1) is 6.54 Å². The second kappa shape index (κ2) is 10.3.